The first kappa shape index (κ1) is 16.0. The van der Waals surface area contributed by atoms with Crippen LogP contribution in [0.15, 0.2) is 53.6 Å². The zero-order valence-corrected chi connectivity index (χ0v) is 13.2. The summed E-state index contributed by atoms with van der Waals surface area (Å²) in [7, 11) is 0. The number of rotatable bonds is 5. The minimum Gasteiger partial charge on any atom is -0.481 e. The maximum absolute atomic E-state index is 11.9. The molecule has 0 aliphatic carbocycles. The van der Waals surface area contributed by atoms with Crippen molar-refractivity contribution in [1.29, 1.82) is 0 Å². The van der Waals surface area contributed by atoms with Crippen molar-refractivity contribution in [1.82, 2.24) is 5.43 Å². The van der Waals surface area contributed by atoms with Crippen molar-refractivity contribution >= 4 is 23.7 Å². The number of nitrogens with zero attached hydrogens (tertiary/aromatic N) is 1. The number of carbonyl (C=O) groups is 1. The second kappa shape index (κ2) is 7.61. The monoisotopic (exact) mass is 316 g/mol. The first-order valence-electron chi connectivity index (χ1n) is 6.86. The molecule has 2 aromatic rings. The van der Waals surface area contributed by atoms with E-state index in [1.54, 1.807) is 37.4 Å². The van der Waals surface area contributed by atoms with Crippen LogP contribution in [0.25, 0.3) is 0 Å². The van der Waals surface area contributed by atoms with Crippen molar-refractivity contribution in [3.8, 4) is 5.75 Å². The molecule has 5 heteroatoms. The smallest absolute Gasteiger partial charge is 0.280 e. The predicted octanol–water partition coefficient (Wildman–Crippen LogP) is 3.57. The molecule has 0 aliphatic heterocycles. The fourth-order valence-electron chi connectivity index (χ4n) is 1.68. The third-order valence-corrected chi connectivity index (χ3v) is 3.21. The lowest BCUT2D eigenvalue weighted by molar-refractivity contribution is -0.127. The molecule has 4 nitrogen and oxygen atoms in total. The van der Waals surface area contributed by atoms with Crippen LogP contribution in [0, 0.1) is 6.92 Å². The normalized spacial score (nSPS) is 12.1. The molecule has 0 heterocycles. The molecule has 0 bridgehead atoms. The molecule has 0 saturated carbocycles. The number of aryl methyl sites for hydroxylation is 1. The zero-order valence-electron chi connectivity index (χ0n) is 12.4. The molecule has 1 atom stereocenters. The topological polar surface area (TPSA) is 50.7 Å². The molecule has 1 amide bonds. The molecular formula is C17H17ClN2O2. The van der Waals surface area contributed by atoms with Crippen LogP contribution in [-0.2, 0) is 4.79 Å². The summed E-state index contributed by atoms with van der Waals surface area (Å²) >= 11 is 5.79. The number of benzene rings is 2. The van der Waals surface area contributed by atoms with E-state index < -0.39 is 6.10 Å². The van der Waals surface area contributed by atoms with Gasteiger partial charge in [-0.25, -0.2) is 5.43 Å². The summed E-state index contributed by atoms with van der Waals surface area (Å²) in [6, 6.07) is 14.7. The van der Waals surface area contributed by atoms with Crippen LogP contribution in [0.1, 0.15) is 18.1 Å². The molecule has 114 valence electrons. The average Bonchev–Trinajstić information content (AvgIpc) is 2.51. The lowest BCUT2D eigenvalue weighted by atomic mass is 10.2. The summed E-state index contributed by atoms with van der Waals surface area (Å²) in [5.41, 5.74) is 4.54. The lowest BCUT2D eigenvalue weighted by Gasteiger charge is -2.12. The maximum atomic E-state index is 11.9. The number of amides is 1. The lowest BCUT2D eigenvalue weighted by Crippen LogP contribution is -2.33. The molecule has 0 aliphatic rings. The average molecular weight is 317 g/mol. The van der Waals surface area contributed by atoms with Gasteiger partial charge in [0.15, 0.2) is 6.10 Å². The number of hydrogen-bond acceptors (Lipinski definition) is 3. The highest BCUT2D eigenvalue weighted by molar-refractivity contribution is 6.30. The third-order valence-electron chi connectivity index (χ3n) is 2.96. The van der Waals surface area contributed by atoms with Crippen LogP contribution in [0.4, 0.5) is 0 Å². The van der Waals surface area contributed by atoms with Gasteiger partial charge in [0.25, 0.3) is 5.91 Å². The molecular weight excluding hydrogens is 300 g/mol. The summed E-state index contributed by atoms with van der Waals surface area (Å²) in [4.78, 5) is 11.9. The second-order valence-electron chi connectivity index (χ2n) is 4.86. The van der Waals surface area contributed by atoms with Gasteiger partial charge < -0.3 is 4.74 Å². The van der Waals surface area contributed by atoms with Crippen LogP contribution in [0.3, 0.4) is 0 Å². The summed E-state index contributed by atoms with van der Waals surface area (Å²) in [6.07, 6.45) is 0.933. The van der Waals surface area contributed by atoms with E-state index in [1.165, 1.54) is 5.56 Å². The summed E-state index contributed by atoms with van der Waals surface area (Å²) in [5, 5.41) is 4.54. The summed E-state index contributed by atoms with van der Waals surface area (Å²) in [5.74, 6) is 0.257. The van der Waals surface area contributed by atoms with E-state index in [9.17, 15) is 4.79 Å². The molecule has 0 aromatic heterocycles. The Hall–Kier alpha value is -2.33. The number of nitrogens with one attached hydrogen (secondary N) is 1. The van der Waals surface area contributed by atoms with Gasteiger partial charge in [-0.1, -0.05) is 41.4 Å². The quantitative estimate of drug-likeness (QED) is 0.677. The van der Waals surface area contributed by atoms with Gasteiger partial charge in [-0.05, 0) is 43.7 Å². The Labute approximate surface area is 134 Å². The zero-order chi connectivity index (χ0) is 15.9. The van der Waals surface area contributed by atoms with Crippen molar-refractivity contribution in [3.63, 3.8) is 0 Å². The van der Waals surface area contributed by atoms with E-state index in [4.69, 9.17) is 16.3 Å². The van der Waals surface area contributed by atoms with Crippen LogP contribution in [0.5, 0.6) is 5.75 Å². The van der Waals surface area contributed by atoms with Crippen LogP contribution in [-0.4, -0.2) is 18.2 Å². The molecule has 1 N–H and O–H groups in total. The van der Waals surface area contributed by atoms with Gasteiger partial charge in [0.05, 0.1) is 6.21 Å². The van der Waals surface area contributed by atoms with E-state index in [-0.39, 0.29) is 5.91 Å². The Morgan fingerprint density at radius 2 is 1.82 bits per heavy atom. The van der Waals surface area contributed by atoms with Crippen LogP contribution < -0.4 is 10.2 Å². The van der Waals surface area contributed by atoms with Gasteiger partial charge in [0, 0.05) is 5.02 Å². The van der Waals surface area contributed by atoms with Crippen LogP contribution >= 0.6 is 11.6 Å². The highest BCUT2D eigenvalue weighted by atomic mass is 35.5. The molecule has 0 unspecified atom stereocenters. The van der Waals surface area contributed by atoms with Crippen molar-refractivity contribution < 1.29 is 9.53 Å². The Morgan fingerprint density at radius 3 is 2.45 bits per heavy atom. The minimum atomic E-state index is -0.656. The van der Waals surface area contributed by atoms with E-state index in [1.807, 2.05) is 31.2 Å². The molecule has 2 rings (SSSR count). The Morgan fingerprint density at radius 1 is 1.18 bits per heavy atom. The Bertz CT molecular complexity index is 651. The summed E-state index contributed by atoms with van der Waals surface area (Å²) < 4.78 is 5.51. The first-order chi connectivity index (χ1) is 10.5. The van der Waals surface area contributed by atoms with Crippen molar-refractivity contribution in [2.24, 2.45) is 5.10 Å². The number of hydrazone groups is 1. The van der Waals surface area contributed by atoms with Gasteiger partial charge in [-0.15, -0.1) is 0 Å². The van der Waals surface area contributed by atoms with Crippen LogP contribution in [0.2, 0.25) is 5.02 Å². The molecule has 0 saturated heterocycles. The van der Waals surface area contributed by atoms with E-state index >= 15 is 0 Å². The fraction of sp³-hybridized carbons (Fsp3) is 0.176. The fourth-order valence-corrected chi connectivity index (χ4v) is 1.81. The van der Waals surface area contributed by atoms with E-state index in [2.05, 4.69) is 10.5 Å². The number of ether oxygens (including phenoxy) is 1. The predicted molar refractivity (Wildman–Crippen MR) is 88.5 cm³/mol. The highest BCUT2D eigenvalue weighted by Gasteiger charge is 2.13. The number of halogens is 1. The van der Waals surface area contributed by atoms with Crippen molar-refractivity contribution in [3.05, 3.63) is 64.7 Å². The SMILES string of the molecule is Cc1ccc(C=NNC(=O)[C@@H](C)Oc2ccc(Cl)cc2)cc1. The molecule has 0 spiro atoms. The van der Waals surface area contributed by atoms with Gasteiger partial charge in [0.1, 0.15) is 5.75 Å². The van der Waals surface area contributed by atoms with Crippen molar-refractivity contribution in [2.45, 2.75) is 20.0 Å². The van der Waals surface area contributed by atoms with Gasteiger partial charge in [-0.3, -0.25) is 4.79 Å². The van der Waals surface area contributed by atoms with Gasteiger partial charge in [-0.2, -0.15) is 5.10 Å². The summed E-state index contributed by atoms with van der Waals surface area (Å²) in [6.45, 7) is 3.67. The Kier molecular flexibility index (Phi) is 5.55. The largest absolute Gasteiger partial charge is 0.481 e. The standard InChI is InChI=1S/C17H17ClN2O2/c1-12-3-5-14(6-4-12)11-19-20-17(21)13(2)22-16-9-7-15(18)8-10-16/h3-11,13H,1-2H3,(H,20,21)/t13-/m1/s1. The molecule has 0 radical (unpaired) electrons. The number of hydrogen-bond donors (Lipinski definition) is 1. The molecule has 22 heavy (non-hydrogen) atoms. The first-order valence-corrected chi connectivity index (χ1v) is 7.24. The molecule has 0 fully saturated rings. The van der Waals surface area contributed by atoms with Gasteiger partial charge >= 0.3 is 0 Å². The third kappa shape index (κ3) is 4.90. The highest BCUT2D eigenvalue weighted by Crippen LogP contribution is 2.16. The van der Waals surface area contributed by atoms with E-state index in [0.29, 0.717) is 10.8 Å². The molecule has 2 aromatic carbocycles. The van der Waals surface area contributed by atoms with Gasteiger partial charge in [0.2, 0.25) is 0 Å². The minimum absolute atomic E-state index is 0.321. The second-order valence-corrected chi connectivity index (χ2v) is 5.30. The van der Waals surface area contributed by atoms with Crippen molar-refractivity contribution in [2.75, 3.05) is 0 Å². The maximum Gasteiger partial charge on any atom is 0.280 e. The Balaban J connectivity index is 1.85. The number of carbonyl (C=O) groups excluding carboxylic acids is 1. The van der Waals surface area contributed by atoms with E-state index in [0.717, 1.165) is 5.56 Å².